The molecule has 0 aromatic carbocycles. The Labute approximate surface area is 175 Å². The molecule has 3 unspecified atom stereocenters. The van der Waals surface area contributed by atoms with Crippen molar-refractivity contribution in [2.45, 2.75) is 45.3 Å². The van der Waals surface area contributed by atoms with Crippen molar-refractivity contribution in [2.75, 3.05) is 5.75 Å². The van der Waals surface area contributed by atoms with Gasteiger partial charge in [-0.1, -0.05) is 30.8 Å². The molecule has 3 aromatic heterocycles. The number of nitrogens with zero attached hydrogens (tertiary/aromatic N) is 5. The van der Waals surface area contributed by atoms with E-state index in [9.17, 15) is 0 Å². The summed E-state index contributed by atoms with van der Waals surface area (Å²) in [5.41, 5.74) is 4.79. The van der Waals surface area contributed by atoms with Gasteiger partial charge in [0.05, 0.1) is 11.7 Å². The molecule has 0 radical (unpaired) electrons. The molecular formula is C23H25N5S. The van der Waals surface area contributed by atoms with Crippen molar-refractivity contribution >= 4 is 16.9 Å². The zero-order chi connectivity index (χ0) is 20.0. The lowest BCUT2D eigenvalue weighted by Gasteiger charge is -2.32. The van der Waals surface area contributed by atoms with Gasteiger partial charge < -0.3 is 9.47 Å². The second-order valence-electron chi connectivity index (χ2n) is 7.69. The third-order valence-electron chi connectivity index (χ3n) is 6.00. The molecule has 2 aliphatic heterocycles. The van der Waals surface area contributed by atoms with E-state index in [0.717, 1.165) is 23.7 Å². The van der Waals surface area contributed by atoms with Gasteiger partial charge in [-0.15, -0.1) is 0 Å². The van der Waals surface area contributed by atoms with E-state index in [0.29, 0.717) is 6.04 Å². The predicted molar refractivity (Wildman–Crippen MR) is 119 cm³/mol. The van der Waals surface area contributed by atoms with Crippen LogP contribution in [0.25, 0.3) is 5.82 Å². The summed E-state index contributed by atoms with van der Waals surface area (Å²) in [5.74, 6) is 2.07. The quantitative estimate of drug-likeness (QED) is 0.624. The molecule has 1 saturated heterocycles. The Morgan fingerprint density at radius 1 is 1.07 bits per heavy atom. The number of aromatic nitrogens is 3. The molecule has 0 aliphatic carbocycles. The molecular weight excluding hydrogens is 378 g/mol. The van der Waals surface area contributed by atoms with Crippen LogP contribution in [0.2, 0.25) is 0 Å². The topological polar surface area (TPSA) is 46.3 Å². The van der Waals surface area contributed by atoms with Gasteiger partial charge in [0, 0.05) is 35.6 Å². The molecule has 5 rings (SSSR count). The molecule has 0 N–H and O–H groups in total. The van der Waals surface area contributed by atoms with Crippen molar-refractivity contribution in [1.82, 2.24) is 19.4 Å². The van der Waals surface area contributed by atoms with Gasteiger partial charge in [0.2, 0.25) is 0 Å². The fourth-order valence-electron chi connectivity index (χ4n) is 4.61. The third-order valence-corrected chi connectivity index (χ3v) is 7.12. The highest BCUT2D eigenvalue weighted by atomic mass is 32.2. The summed E-state index contributed by atoms with van der Waals surface area (Å²) >= 11 is 1.88. The van der Waals surface area contributed by atoms with Gasteiger partial charge in [-0.25, -0.2) is 4.98 Å². The van der Waals surface area contributed by atoms with Crippen LogP contribution in [0.4, 0.5) is 0 Å². The van der Waals surface area contributed by atoms with E-state index in [4.69, 9.17) is 4.99 Å². The van der Waals surface area contributed by atoms with Crippen LogP contribution in [0.1, 0.15) is 48.1 Å². The normalized spacial score (nSPS) is 23.3. The molecule has 5 nitrogen and oxygen atoms in total. The number of aliphatic imine (C=N–C) groups is 1. The van der Waals surface area contributed by atoms with E-state index < -0.39 is 0 Å². The van der Waals surface area contributed by atoms with Crippen LogP contribution in [0.3, 0.4) is 0 Å². The third kappa shape index (κ3) is 2.97. The first-order valence-electron chi connectivity index (χ1n) is 10.2. The molecule has 3 atom stereocenters. The van der Waals surface area contributed by atoms with Crippen LogP contribution in [-0.2, 0) is 0 Å². The maximum atomic E-state index is 5.15. The molecule has 148 valence electrons. The number of thioether (sulfide) groups is 1. The van der Waals surface area contributed by atoms with Crippen LogP contribution in [0.5, 0.6) is 0 Å². The monoisotopic (exact) mass is 403 g/mol. The fraction of sp³-hybridized carbons (Fsp3) is 0.348. The molecule has 0 bridgehead atoms. The molecule has 0 saturated carbocycles. The van der Waals surface area contributed by atoms with Gasteiger partial charge in [-0.2, -0.15) is 0 Å². The second-order valence-corrected chi connectivity index (χ2v) is 8.67. The smallest absolute Gasteiger partial charge is 0.160 e. The summed E-state index contributed by atoms with van der Waals surface area (Å²) in [6.45, 7) is 6.64. The van der Waals surface area contributed by atoms with E-state index in [1.807, 2.05) is 42.4 Å². The van der Waals surface area contributed by atoms with Gasteiger partial charge in [0.15, 0.2) is 5.17 Å². The highest BCUT2D eigenvalue weighted by molar-refractivity contribution is 8.14. The van der Waals surface area contributed by atoms with Gasteiger partial charge in [-0.3, -0.25) is 9.98 Å². The first-order chi connectivity index (χ1) is 14.2. The van der Waals surface area contributed by atoms with Gasteiger partial charge in [0.25, 0.3) is 0 Å². The molecule has 29 heavy (non-hydrogen) atoms. The number of pyridine rings is 2. The Hall–Kier alpha value is -2.60. The molecule has 0 amide bonds. The average molecular weight is 404 g/mol. The molecule has 5 heterocycles. The minimum absolute atomic E-state index is 0.0192. The zero-order valence-electron chi connectivity index (χ0n) is 17.0. The summed E-state index contributed by atoms with van der Waals surface area (Å²) in [6, 6.07) is 15.2. The Morgan fingerprint density at radius 2 is 1.86 bits per heavy atom. The minimum Gasteiger partial charge on any atom is -0.338 e. The number of fused-ring (bicyclic) bond motifs is 1. The summed E-state index contributed by atoms with van der Waals surface area (Å²) in [7, 11) is 0. The van der Waals surface area contributed by atoms with Gasteiger partial charge >= 0.3 is 0 Å². The lowest BCUT2D eigenvalue weighted by Crippen LogP contribution is -2.35. The van der Waals surface area contributed by atoms with Crippen molar-refractivity contribution in [2.24, 2.45) is 4.99 Å². The number of rotatable bonds is 4. The van der Waals surface area contributed by atoms with E-state index in [1.165, 1.54) is 22.1 Å². The Kier molecular flexibility index (Phi) is 4.66. The maximum absolute atomic E-state index is 5.15. The summed E-state index contributed by atoms with van der Waals surface area (Å²) in [4.78, 5) is 17.0. The highest BCUT2D eigenvalue weighted by Crippen LogP contribution is 2.49. The van der Waals surface area contributed by atoms with Gasteiger partial charge in [-0.05, 0) is 56.2 Å². The average Bonchev–Trinajstić information content (AvgIpc) is 3.40. The number of hydrogen-bond donors (Lipinski definition) is 0. The van der Waals surface area contributed by atoms with Crippen molar-refractivity contribution in [3.8, 4) is 5.82 Å². The second kappa shape index (κ2) is 7.34. The standard InChI is InChI=1S/C23H25N5S/c1-4-17-14-29-23-26-21(19-9-5-7-11-24-19)22(28(17)23)18-13-15(2)27(16(18)3)20-10-6-8-12-25-20/h5-13,17,21-22H,4,14H2,1-3H3. The van der Waals surface area contributed by atoms with Crippen molar-refractivity contribution < 1.29 is 0 Å². The number of hydrogen-bond acceptors (Lipinski definition) is 5. The molecule has 6 heteroatoms. The summed E-state index contributed by atoms with van der Waals surface area (Å²) in [5, 5.41) is 1.17. The largest absolute Gasteiger partial charge is 0.338 e. The number of amidine groups is 1. The van der Waals surface area contributed by atoms with Crippen LogP contribution in [0, 0.1) is 13.8 Å². The summed E-state index contributed by atoms with van der Waals surface area (Å²) < 4.78 is 2.26. The maximum Gasteiger partial charge on any atom is 0.160 e. The van der Waals surface area contributed by atoms with Crippen LogP contribution < -0.4 is 0 Å². The zero-order valence-corrected chi connectivity index (χ0v) is 17.8. The van der Waals surface area contributed by atoms with Crippen LogP contribution in [-0.4, -0.2) is 36.4 Å². The summed E-state index contributed by atoms with van der Waals surface area (Å²) in [6.07, 6.45) is 4.85. The predicted octanol–water partition coefficient (Wildman–Crippen LogP) is 4.86. The van der Waals surface area contributed by atoms with Crippen molar-refractivity contribution in [1.29, 1.82) is 0 Å². The lowest BCUT2D eigenvalue weighted by molar-refractivity contribution is 0.254. The Morgan fingerprint density at radius 3 is 2.55 bits per heavy atom. The van der Waals surface area contributed by atoms with Crippen LogP contribution >= 0.6 is 11.8 Å². The SMILES string of the molecule is CCC1CSC2=NC(c3ccccn3)C(c3cc(C)n(-c4ccccn4)c3C)N21. The fourth-order valence-corrected chi connectivity index (χ4v) is 5.95. The Balaban J connectivity index is 1.64. The lowest BCUT2D eigenvalue weighted by atomic mass is 9.95. The molecule has 3 aromatic rings. The van der Waals surface area contributed by atoms with E-state index in [-0.39, 0.29) is 12.1 Å². The van der Waals surface area contributed by atoms with Crippen LogP contribution in [0.15, 0.2) is 59.9 Å². The van der Waals surface area contributed by atoms with E-state index >= 15 is 0 Å². The van der Waals surface area contributed by atoms with Crippen molar-refractivity contribution in [3.63, 3.8) is 0 Å². The first kappa shape index (κ1) is 18.4. The Bertz CT molecular complexity index is 1040. The van der Waals surface area contributed by atoms with E-state index in [1.54, 1.807) is 0 Å². The highest BCUT2D eigenvalue weighted by Gasteiger charge is 2.46. The van der Waals surface area contributed by atoms with Gasteiger partial charge in [0.1, 0.15) is 11.9 Å². The minimum atomic E-state index is 0.0192. The number of aryl methyl sites for hydroxylation is 1. The van der Waals surface area contributed by atoms with E-state index in [2.05, 4.69) is 64.5 Å². The molecule has 1 fully saturated rings. The first-order valence-corrected chi connectivity index (χ1v) is 11.2. The molecule has 2 aliphatic rings. The van der Waals surface area contributed by atoms with Crippen molar-refractivity contribution in [3.05, 3.63) is 77.5 Å². The molecule has 0 spiro atoms.